The standard InChI is InChI=1S/C14H23N3O3/c1-10-7-12(16-20-10)9-17-6-5-11(8-17)15-13(18)19-14(2,3)4/h7,11H,5-6,8-9H2,1-4H3,(H,15,18)/t11-/m1/s1. The number of alkyl carbamates (subject to hydrolysis) is 1. The van der Waals surface area contributed by atoms with Crippen molar-refractivity contribution in [3.8, 4) is 0 Å². The molecular formula is C14H23N3O3. The first-order valence-electron chi connectivity index (χ1n) is 6.96. The fraction of sp³-hybridized carbons (Fsp3) is 0.714. The van der Waals surface area contributed by atoms with Crippen LogP contribution in [0.1, 0.15) is 38.6 Å². The molecular weight excluding hydrogens is 258 g/mol. The molecule has 6 heteroatoms. The zero-order chi connectivity index (χ0) is 14.8. The van der Waals surface area contributed by atoms with Crippen LogP contribution < -0.4 is 5.32 Å². The molecule has 1 amide bonds. The summed E-state index contributed by atoms with van der Waals surface area (Å²) in [4.78, 5) is 14.0. The number of likely N-dealkylation sites (tertiary alicyclic amines) is 1. The number of hydrogen-bond acceptors (Lipinski definition) is 5. The van der Waals surface area contributed by atoms with Gasteiger partial charge in [-0.1, -0.05) is 5.16 Å². The second-order valence-corrected chi connectivity index (χ2v) is 6.30. The van der Waals surface area contributed by atoms with E-state index in [2.05, 4.69) is 15.4 Å². The fourth-order valence-corrected chi connectivity index (χ4v) is 2.29. The molecule has 1 N–H and O–H groups in total. The number of amides is 1. The van der Waals surface area contributed by atoms with E-state index in [-0.39, 0.29) is 12.1 Å². The van der Waals surface area contributed by atoms with Crippen molar-refractivity contribution in [2.45, 2.75) is 52.3 Å². The maximum Gasteiger partial charge on any atom is 0.407 e. The lowest BCUT2D eigenvalue weighted by Gasteiger charge is -2.21. The van der Waals surface area contributed by atoms with E-state index in [0.29, 0.717) is 0 Å². The van der Waals surface area contributed by atoms with Crippen LogP contribution in [0.3, 0.4) is 0 Å². The summed E-state index contributed by atoms with van der Waals surface area (Å²) in [5.74, 6) is 0.822. The van der Waals surface area contributed by atoms with E-state index >= 15 is 0 Å². The Morgan fingerprint density at radius 2 is 2.35 bits per heavy atom. The van der Waals surface area contributed by atoms with Crippen molar-refractivity contribution in [3.05, 3.63) is 17.5 Å². The van der Waals surface area contributed by atoms with Crippen molar-refractivity contribution < 1.29 is 14.1 Å². The van der Waals surface area contributed by atoms with Crippen LogP contribution >= 0.6 is 0 Å². The number of rotatable bonds is 3. The lowest BCUT2D eigenvalue weighted by Crippen LogP contribution is -2.40. The fourth-order valence-electron chi connectivity index (χ4n) is 2.29. The first kappa shape index (κ1) is 14.8. The molecule has 0 bridgehead atoms. The number of carbonyl (C=O) groups excluding carboxylic acids is 1. The number of ether oxygens (including phenoxy) is 1. The Balaban J connectivity index is 1.76. The maximum absolute atomic E-state index is 11.7. The van der Waals surface area contributed by atoms with Gasteiger partial charge in [0.15, 0.2) is 0 Å². The van der Waals surface area contributed by atoms with Crippen LogP contribution in [0.15, 0.2) is 10.6 Å². The quantitative estimate of drug-likeness (QED) is 0.918. The van der Waals surface area contributed by atoms with Gasteiger partial charge in [0.2, 0.25) is 0 Å². The predicted molar refractivity (Wildman–Crippen MR) is 74.3 cm³/mol. The summed E-state index contributed by atoms with van der Waals surface area (Å²) in [7, 11) is 0. The van der Waals surface area contributed by atoms with E-state index in [1.54, 1.807) is 0 Å². The van der Waals surface area contributed by atoms with Gasteiger partial charge in [-0.3, -0.25) is 4.90 Å². The molecule has 1 atom stereocenters. The molecule has 1 aromatic heterocycles. The van der Waals surface area contributed by atoms with E-state index in [0.717, 1.165) is 37.5 Å². The van der Waals surface area contributed by atoms with Crippen molar-refractivity contribution in [2.75, 3.05) is 13.1 Å². The molecule has 1 fully saturated rings. The van der Waals surface area contributed by atoms with Gasteiger partial charge in [0.05, 0.1) is 5.69 Å². The molecule has 0 spiro atoms. The Morgan fingerprint density at radius 3 is 2.95 bits per heavy atom. The Bertz CT molecular complexity index is 464. The third kappa shape index (κ3) is 4.52. The molecule has 0 aliphatic carbocycles. The zero-order valence-electron chi connectivity index (χ0n) is 12.6. The van der Waals surface area contributed by atoms with Crippen LogP contribution in [-0.2, 0) is 11.3 Å². The number of aryl methyl sites for hydroxylation is 1. The van der Waals surface area contributed by atoms with E-state index in [4.69, 9.17) is 9.26 Å². The van der Waals surface area contributed by atoms with Gasteiger partial charge in [-0.05, 0) is 34.1 Å². The molecule has 20 heavy (non-hydrogen) atoms. The van der Waals surface area contributed by atoms with Crippen molar-refractivity contribution in [1.29, 1.82) is 0 Å². The van der Waals surface area contributed by atoms with Gasteiger partial charge in [0, 0.05) is 31.7 Å². The molecule has 2 heterocycles. The highest BCUT2D eigenvalue weighted by Crippen LogP contribution is 2.14. The number of nitrogens with zero attached hydrogens (tertiary/aromatic N) is 2. The summed E-state index contributed by atoms with van der Waals surface area (Å²) in [5, 5.41) is 6.89. The summed E-state index contributed by atoms with van der Waals surface area (Å²) >= 11 is 0. The highest BCUT2D eigenvalue weighted by Gasteiger charge is 2.26. The smallest absolute Gasteiger partial charge is 0.407 e. The first-order chi connectivity index (χ1) is 9.32. The van der Waals surface area contributed by atoms with Gasteiger partial charge in [0.1, 0.15) is 11.4 Å². The third-order valence-corrected chi connectivity index (χ3v) is 3.06. The van der Waals surface area contributed by atoms with Crippen LogP contribution in [0.5, 0.6) is 0 Å². The van der Waals surface area contributed by atoms with Gasteiger partial charge in [0.25, 0.3) is 0 Å². The summed E-state index contributed by atoms with van der Waals surface area (Å²) in [6.45, 7) is 9.97. The number of nitrogens with one attached hydrogen (secondary N) is 1. The summed E-state index contributed by atoms with van der Waals surface area (Å²) < 4.78 is 10.3. The van der Waals surface area contributed by atoms with Gasteiger partial charge < -0.3 is 14.6 Å². The highest BCUT2D eigenvalue weighted by atomic mass is 16.6. The van der Waals surface area contributed by atoms with Crippen LogP contribution in [0, 0.1) is 6.92 Å². The zero-order valence-corrected chi connectivity index (χ0v) is 12.6. The Hall–Kier alpha value is -1.56. The van der Waals surface area contributed by atoms with E-state index in [1.807, 2.05) is 33.8 Å². The molecule has 1 saturated heterocycles. The second kappa shape index (κ2) is 5.83. The molecule has 0 aromatic carbocycles. The highest BCUT2D eigenvalue weighted by molar-refractivity contribution is 5.68. The van der Waals surface area contributed by atoms with E-state index < -0.39 is 5.60 Å². The maximum atomic E-state index is 11.7. The molecule has 1 aliphatic heterocycles. The number of carbonyl (C=O) groups is 1. The Kier molecular flexibility index (Phi) is 4.32. The number of hydrogen-bond donors (Lipinski definition) is 1. The molecule has 0 radical (unpaired) electrons. The monoisotopic (exact) mass is 281 g/mol. The van der Waals surface area contributed by atoms with Crippen molar-refractivity contribution in [3.63, 3.8) is 0 Å². The van der Waals surface area contributed by atoms with Crippen LogP contribution in [0.2, 0.25) is 0 Å². The van der Waals surface area contributed by atoms with Crippen LogP contribution in [0.4, 0.5) is 4.79 Å². The predicted octanol–water partition coefficient (Wildman–Crippen LogP) is 2.08. The molecule has 0 saturated carbocycles. The average Bonchev–Trinajstić information content (AvgIpc) is 2.86. The largest absolute Gasteiger partial charge is 0.444 e. The first-order valence-corrected chi connectivity index (χ1v) is 6.96. The minimum absolute atomic E-state index is 0.137. The van der Waals surface area contributed by atoms with Gasteiger partial charge in [-0.15, -0.1) is 0 Å². The third-order valence-electron chi connectivity index (χ3n) is 3.06. The van der Waals surface area contributed by atoms with Crippen molar-refractivity contribution >= 4 is 6.09 Å². The normalized spacial score (nSPS) is 20.1. The van der Waals surface area contributed by atoms with Crippen molar-refractivity contribution in [1.82, 2.24) is 15.4 Å². The molecule has 2 rings (SSSR count). The van der Waals surface area contributed by atoms with E-state index in [1.165, 1.54) is 0 Å². The number of aromatic nitrogens is 1. The molecule has 112 valence electrons. The topological polar surface area (TPSA) is 67.6 Å². The van der Waals surface area contributed by atoms with Gasteiger partial charge >= 0.3 is 6.09 Å². The molecule has 6 nitrogen and oxygen atoms in total. The Morgan fingerprint density at radius 1 is 1.60 bits per heavy atom. The minimum atomic E-state index is -0.458. The molecule has 0 unspecified atom stereocenters. The van der Waals surface area contributed by atoms with Crippen LogP contribution in [0.25, 0.3) is 0 Å². The minimum Gasteiger partial charge on any atom is -0.444 e. The molecule has 1 aromatic rings. The summed E-state index contributed by atoms with van der Waals surface area (Å²) in [6.07, 6.45) is 0.581. The summed E-state index contributed by atoms with van der Waals surface area (Å²) in [5.41, 5.74) is 0.473. The SMILES string of the molecule is Cc1cc(CN2CC[C@@H](NC(=O)OC(C)(C)C)C2)no1. The lowest BCUT2D eigenvalue weighted by atomic mass is 10.2. The lowest BCUT2D eigenvalue weighted by molar-refractivity contribution is 0.0505. The summed E-state index contributed by atoms with van der Waals surface area (Å²) in [6, 6.07) is 2.08. The van der Waals surface area contributed by atoms with Crippen molar-refractivity contribution in [2.24, 2.45) is 0 Å². The molecule has 1 aliphatic rings. The van der Waals surface area contributed by atoms with E-state index in [9.17, 15) is 4.79 Å². The second-order valence-electron chi connectivity index (χ2n) is 6.30. The van der Waals surface area contributed by atoms with Gasteiger partial charge in [-0.25, -0.2) is 4.79 Å². The van der Waals surface area contributed by atoms with Gasteiger partial charge in [-0.2, -0.15) is 0 Å². The van der Waals surface area contributed by atoms with Crippen LogP contribution in [-0.4, -0.2) is 40.9 Å². The average molecular weight is 281 g/mol. The Labute approximate surface area is 119 Å².